The molecule has 0 saturated carbocycles. The van der Waals surface area contributed by atoms with Crippen LogP contribution in [-0.2, 0) is 13.0 Å². The van der Waals surface area contributed by atoms with Gasteiger partial charge >= 0.3 is 0 Å². The summed E-state index contributed by atoms with van der Waals surface area (Å²) in [7, 11) is 0. The number of rotatable bonds is 2. The topological polar surface area (TPSA) is 51.1 Å². The van der Waals surface area contributed by atoms with E-state index in [1.807, 2.05) is 42.7 Å². The highest BCUT2D eigenvalue weighted by molar-refractivity contribution is 9.10. The lowest BCUT2D eigenvalue weighted by Gasteiger charge is -2.13. The first-order chi connectivity index (χ1) is 12.0. The zero-order valence-corrected chi connectivity index (χ0v) is 15.6. The second kappa shape index (κ2) is 5.85. The van der Waals surface area contributed by atoms with E-state index in [0.717, 1.165) is 45.3 Å². The molecule has 0 atom stereocenters. The minimum atomic E-state index is -0.360. The van der Waals surface area contributed by atoms with Crippen molar-refractivity contribution in [1.29, 1.82) is 0 Å². The lowest BCUT2D eigenvalue weighted by atomic mass is 10.1. The molecule has 0 aliphatic carbocycles. The molecular formula is C20H17BrN2O2. The van der Waals surface area contributed by atoms with Crippen LogP contribution >= 0.6 is 15.9 Å². The summed E-state index contributed by atoms with van der Waals surface area (Å²) in [6.45, 7) is 4.67. The van der Waals surface area contributed by atoms with E-state index in [2.05, 4.69) is 21.2 Å². The molecule has 0 unspecified atom stereocenters. The van der Waals surface area contributed by atoms with Gasteiger partial charge in [-0.1, -0.05) is 34.1 Å². The number of halogens is 1. The maximum absolute atomic E-state index is 12.9. The monoisotopic (exact) mass is 396 g/mol. The molecule has 1 amide bonds. The zero-order valence-electron chi connectivity index (χ0n) is 14.0. The summed E-state index contributed by atoms with van der Waals surface area (Å²) in [4.78, 5) is 25.7. The lowest BCUT2D eigenvalue weighted by Crippen LogP contribution is -2.24. The van der Waals surface area contributed by atoms with E-state index in [1.165, 1.54) is 0 Å². The van der Waals surface area contributed by atoms with Crippen LogP contribution < -0.4 is 10.7 Å². The number of aryl methyl sites for hydroxylation is 4. The van der Waals surface area contributed by atoms with E-state index in [0.29, 0.717) is 5.39 Å². The fourth-order valence-corrected chi connectivity index (χ4v) is 4.06. The fraction of sp³-hybridized carbons (Fsp3) is 0.200. The normalized spacial score (nSPS) is 12.6. The molecule has 5 heteroatoms. The van der Waals surface area contributed by atoms with E-state index in [9.17, 15) is 9.59 Å². The highest BCUT2D eigenvalue weighted by Crippen LogP contribution is 2.28. The molecule has 126 valence electrons. The quantitative estimate of drug-likeness (QED) is 0.705. The largest absolute Gasteiger partial charge is 0.346 e. The Morgan fingerprint density at radius 3 is 2.64 bits per heavy atom. The van der Waals surface area contributed by atoms with Crippen LogP contribution in [0, 0.1) is 13.8 Å². The molecule has 4 nitrogen and oxygen atoms in total. The number of hydrogen-bond acceptors (Lipinski definition) is 2. The van der Waals surface area contributed by atoms with Crippen LogP contribution in [0.25, 0.3) is 10.9 Å². The summed E-state index contributed by atoms with van der Waals surface area (Å²) in [6, 6.07) is 9.68. The standard InChI is InChI=1S/C20H17BrN2O2/c1-11-4-3-5-12(2)17(11)22-20(25)16-10-23-7-6-13-8-14(21)9-15(18(13)23)19(16)24/h3-5,8-10H,6-7H2,1-2H3,(H,22,25). The van der Waals surface area contributed by atoms with Crippen molar-refractivity contribution in [3.63, 3.8) is 0 Å². The van der Waals surface area contributed by atoms with Crippen LogP contribution in [0.2, 0.25) is 0 Å². The van der Waals surface area contributed by atoms with Gasteiger partial charge in [-0.2, -0.15) is 0 Å². The molecule has 1 aliphatic rings. The van der Waals surface area contributed by atoms with Crippen LogP contribution in [0.4, 0.5) is 5.69 Å². The summed E-state index contributed by atoms with van der Waals surface area (Å²) in [5.74, 6) is -0.360. The molecule has 2 heterocycles. The van der Waals surface area contributed by atoms with Crippen LogP contribution in [0.5, 0.6) is 0 Å². The average Bonchev–Trinajstić information content (AvgIpc) is 2.97. The third-order valence-electron chi connectivity index (χ3n) is 4.80. The number of carbonyl (C=O) groups is 1. The Hall–Kier alpha value is -2.40. The molecule has 2 aromatic carbocycles. The van der Waals surface area contributed by atoms with Crippen molar-refractivity contribution in [2.45, 2.75) is 26.8 Å². The van der Waals surface area contributed by atoms with Crippen molar-refractivity contribution in [3.05, 3.63) is 73.5 Å². The fourth-order valence-electron chi connectivity index (χ4n) is 3.55. The van der Waals surface area contributed by atoms with Gasteiger partial charge in [0.05, 0.1) is 5.52 Å². The molecule has 0 radical (unpaired) electrons. The predicted molar refractivity (Wildman–Crippen MR) is 103 cm³/mol. The number of carbonyl (C=O) groups excluding carboxylic acids is 1. The van der Waals surface area contributed by atoms with Gasteiger partial charge in [0.2, 0.25) is 5.43 Å². The van der Waals surface area contributed by atoms with E-state index < -0.39 is 0 Å². The summed E-state index contributed by atoms with van der Waals surface area (Å²) in [6.07, 6.45) is 2.56. The molecule has 0 bridgehead atoms. The Balaban J connectivity index is 1.85. The van der Waals surface area contributed by atoms with E-state index >= 15 is 0 Å². The minimum Gasteiger partial charge on any atom is -0.346 e. The number of aromatic nitrogens is 1. The van der Waals surface area contributed by atoms with Gasteiger partial charge in [-0.25, -0.2) is 0 Å². The number of pyridine rings is 1. The molecule has 25 heavy (non-hydrogen) atoms. The van der Waals surface area contributed by atoms with E-state index in [-0.39, 0.29) is 16.9 Å². The van der Waals surface area contributed by atoms with Crippen molar-refractivity contribution >= 4 is 38.4 Å². The van der Waals surface area contributed by atoms with Gasteiger partial charge in [0, 0.05) is 28.3 Å². The van der Waals surface area contributed by atoms with Gasteiger partial charge in [-0.15, -0.1) is 0 Å². The summed E-state index contributed by atoms with van der Waals surface area (Å²) < 4.78 is 2.88. The van der Waals surface area contributed by atoms with Gasteiger partial charge in [0.15, 0.2) is 0 Å². The Labute approximate surface area is 153 Å². The zero-order chi connectivity index (χ0) is 17.7. The number of nitrogens with zero attached hydrogens (tertiary/aromatic N) is 1. The number of nitrogens with one attached hydrogen (secondary N) is 1. The Morgan fingerprint density at radius 2 is 1.92 bits per heavy atom. The van der Waals surface area contributed by atoms with Crippen molar-refractivity contribution in [3.8, 4) is 0 Å². The molecule has 4 rings (SSSR count). The third-order valence-corrected chi connectivity index (χ3v) is 5.26. The maximum Gasteiger partial charge on any atom is 0.261 e. The van der Waals surface area contributed by atoms with E-state index in [4.69, 9.17) is 0 Å². The number of hydrogen-bond donors (Lipinski definition) is 1. The molecule has 1 N–H and O–H groups in total. The number of benzene rings is 2. The molecule has 3 aromatic rings. The Morgan fingerprint density at radius 1 is 1.20 bits per heavy atom. The number of para-hydroxylation sites is 1. The second-order valence-electron chi connectivity index (χ2n) is 6.50. The van der Waals surface area contributed by atoms with Gasteiger partial charge < -0.3 is 9.88 Å². The summed E-state index contributed by atoms with van der Waals surface area (Å²) in [5.41, 5.74) is 4.76. The smallest absolute Gasteiger partial charge is 0.261 e. The Bertz CT molecular complexity index is 1080. The number of amides is 1. The molecule has 0 spiro atoms. The van der Waals surface area contributed by atoms with Gasteiger partial charge in [0.25, 0.3) is 5.91 Å². The molecule has 1 aromatic heterocycles. The average molecular weight is 397 g/mol. The summed E-state index contributed by atoms with van der Waals surface area (Å²) >= 11 is 3.47. The summed E-state index contributed by atoms with van der Waals surface area (Å²) in [5, 5.41) is 3.51. The van der Waals surface area contributed by atoms with Crippen molar-refractivity contribution in [1.82, 2.24) is 4.57 Å². The first kappa shape index (κ1) is 16.1. The second-order valence-corrected chi connectivity index (χ2v) is 7.41. The maximum atomic E-state index is 12.9. The van der Waals surface area contributed by atoms with Gasteiger partial charge in [-0.05, 0) is 49.1 Å². The van der Waals surface area contributed by atoms with Crippen LogP contribution in [0.15, 0.2) is 45.8 Å². The van der Waals surface area contributed by atoms with Gasteiger partial charge in [-0.3, -0.25) is 9.59 Å². The predicted octanol–water partition coefficient (Wildman–Crippen LogP) is 4.19. The van der Waals surface area contributed by atoms with Crippen molar-refractivity contribution in [2.24, 2.45) is 0 Å². The Kier molecular flexibility index (Phi) is 3.76. The SMILES string of the molecule is Cc1cccc(C)c1NC(=O)c1cn2c3c(cc(Br)cc3c1=O)CC2. The molecule has 0 fully saturated rings. The lowest BCUT2D eigenvalue weighted by molar-refractivity contribution is 0.102. The first-order valence-corrected chi connectivity index (χ1v) is 8.98. The molecule has 0 saturated heterocycles. The number of anilines is 1. The van der Waals surface area contributed by atoms with Crippen LogP contribution in [-0.4, -0.2) is 10.5 Å². The van der Waals surface area contributed by atoms with Crippen molar-refractivity contribution < 1.29 is 4.79 Å². The van der Waals surface area contributed by atoms with Crippen LogP contribution in [0.3, 0.4) is 0 Å². The highest BCUT2D eigenvalue weighted by atomic mass is 79.9. The highest BCUT2D eigenvalue weighted by Gasteiger charge is 2.21. The first-order valence-electron chi connectivity index (χ1n) is 8.19. The van der Waals surface area contributed by atoms with E-state index in [1.54, 1.807) is 12.3 Å². The third kappa shape index (κ3) is 2.59. The molecular weight excluding hydrogens is 380 g/mol. The van der Waals surface area contributed by atoms with Crippen LogP contribution in [0.1, 0.15) is 27.0 Å². The molecule has 1 aliphatic heterocycles. The van der Waals surface area contributed by atoms with Gasteiger partial charge in [0.1, 0.15) is 5.56 Å². The van der Waals surface area contributed by atoms with Crippen molar-refractivity contribution in [2.75, 3.05) is 5.32 Å². The minimum absolute atomic E-state index is 0.182.